The lowest BCUT2D eigenvalue weighted by molar-refractivity contribution is 0.0734. The van der Waals surface area contributed by atoms with Crippen molar-refractivity contribution in [3.05, 3.63) is 59.7 Å². The molecule has 27 heavy (non-hydrogen) atoms. The van der Waals surface area contributed by atoms with Gasteiger partial charge in [-0.3, -0.25) is 0 Å². The van der Waals surface area contributed by atoms with Crippen molar-refractivity contribution in [2.45, 2.75) is 44.6 Å². The Labute approximate surface area is 160 Å². The number of hydrogen-bond donors (Lipinski definition) is 0. The molecule has 1 heterocycles. The summed E-state index contributed by atoms with van der Waals surface area (Å²) in [5.41, 5.74) is 1.91. The van der Waals surface area contributed by atoms with E-state index in [9.17, 15) is 4.79 Å². The van der Waals surface area contributed by atoms with Gasteiger partial charge in [0.15, 0.2) is 0 Å². The summed E-state index contributed by atoms with van der Waals surface area (Å²) in [5.74, 6) is 2.39. The quantitative estimate of drug-likeness (QED) is 0.411. The minimum Gasteiger partial charge on any atom is -0.491 e. The first-order valence-electron chi connectivity index (χ1n) is 9.84. The van der Waals surface area contributed by atoms with Crippen LogP contribution in [0.4, 0.5) is 0 Å². The maximum absolute atomic E-state index is 12.4. The van der Waals surface area contributed by atoms with Gasteiger partial charge in [-0.1, -0.05) is 31.9 Å². The third kappa shape index (κ3) is 4.89. The van der Waals surface area contributed by atoms with Gasteiger partial charge in [0.25, 0.3) is 0 Å². The van der Waals surface area contributed by atoms with Crippen LogP contribution in [0.25, 0.3) is 0 Å². The molecule has 0 N–H and O–H groups in total. The van der Waals surface area contributed by atoms with E-state index in [1.807, 2.05) is 12.1 Å². The first-order chi connectivity index (χ1) is 13.2. The minimum absolute atomic E-state index is 0.225. The summed E-state index contributed by atoms with van der Waals surface area (Å²) in [7, 11) is 0. The lowest BCUT2D eigenvalue weighted by atomic mass is 9.79. The summed E-state index contributed by atoms with van der Waals surface area (Å²) in [6, 6.07) is 15.0. The predicted octanol–water partition coefficient (Wildman–Crippen LogP) is 4.98. The zero-order valence-electron chi connectivity index (χ0n) is 15.7. The fourth-order valence-corrected chi connectivity index (χ4v) is 3.61. The van der Waals surface area contributed by atoms with Crippen LogP contribution in [0.5, 0.6) is 11.5 Å². The lowest BCUT2D eigenvalue weighted by Gasteiger charge is -2.26. The monoisotopic (exact) mass is 366 g/mol. The van der Waals surface area contributed by atoms with Crippen molar-refractivity contribution in [3.8, 4) is 11.5 Å². The highest BCUT2D eigenvalue weighted by molar-refractivity contribution is 5.91. The van der Waals surface area contributed by atoms with Crippen molar-refractivity contribution in [2.75, 3.05) is 13.2 Å². The maximum atomic E-state index is 12.4. The predicted molar refractivity (Wildman–Crippen MR) is 103 cm³/mol. The Morgan fingerprint density at radius 2 is 1.59 bits per heavy atom. The van der Waals surface area contributed by atoms with E-state index in [0.717, 1.165) is 18.3 Å². The molecule has 1 aliphatic carbocycles. The van der Waals surface area contributed by atoms with E-state index in [1.54, 1.807) is 24.3 Å². The molecule has 2 aromatic rings. The van der Waals surface area contributed by atoms with E-state index in [4.69, 9.17) is 14.2 Å². The van der Waals surface area contributed by atoms with Crippen LogP contribution in [0, 0.1) is 5.92 Å². The summed E-state index contributed by atoms with van der Waals surface area (Å²) >= 11 is 0. The van der Waals surface area contributed by atoms with Gasteiger partial charge in [0.1, 0.15) is 24.2 Å². The molecule has 0 aromatic heterocycles. The highest BCUT2D eigenvalue weighted by Crippen LogP contribution is 2.35. The molecule has 1 unspecified atom stereocenters. The molecule has 1 atom stereocenters. The van der Waals surface area contributed by atoms with E-state index in [1.165, 1.54) is 31.2 Å². The average molecular weight is 366 g/mol. The summed E-state index contributed by atoms with van der Waals surface area (Å²) < 4.78 is 16.2. The molecule has 4 heteroatoms. The van der Waals surface area contributed by atoms with Crippen LogP contribution in [-0.2, 0) is 4.74 Å². The Bertz CT molecular complexity index is 754. The highest BCUT2D eigenvalue weighted by Gasteiger charge is 2.23. The summed E-state index contributed by atoms with van der Waals surface area (Å²) in [6.45, 7) is 3.66. The molecule has 2 aromatic carbocycles. The second-order valence-electron chi connectivity index (χ2n) is 7.71. The molecule has 0 bridgehead atoms. The van der Waals surface area contributed by atoms with Crippen LogP contribution in [0.2, 0.25) is 0 Å². The van der Waals surface area contributed by atoms with Crippen molar-refractivity contribution in [2.24, 2.45) is 5.92 Å². The van der Waals surface area contributed by atoms with Gasteiger partial charge in [-0.2, -0.15) is 0 Å². The molecule has 1 saturated carbocycles. The molecule has 1 aliphatic heterocycles. The molecule has 0 spiro atoms. The van der Waals surface area contributed by atoms with Crippen LogP contribution < -0.4 is 9.47 Å². The summed E-state index contributed by atoms with van der Waals surface area (Å²) in [6.07, 6.45) is 5.30. The van der Waals surface area contributed by atoms with Gasteiger partial charge in [-0.05, 0) is 66.6 Å². The van der Waals surface area contributed by atoms with Crippen molar-refractivity contribution < 1.29 is 19.0 Å². The topological polar surface area (TPSA) is 48.1 Å². The second kappa shape index (κ2) is 8.13. The van der Waals surface area contributed by atoms with Gasteiger partial charge < -0.3 is 14.2 Å². The number of hydrogen-bond acceptors (Lipinski definition) is 4. The summed E-state index contributed by atoms with van der Waals surface area (Å²) in [4.78, 5) is 12.4. The lowest BCUT2D eigenvalue weighted by Crippen LogP contribution is -2.12. The zero-order valence-corrected chi connectivity index (χ0v) is 15.7. The number of ether oxygens (including phenoxy) is 3. The molecular weight excluding hydrogens is 340 g/mol. The van der Waals surface area contributed by atoms with E-state index in [0.29, 0.717) is 23.8 Å². The average Bonchev–Trinajstić information content (AvgIpc) is 3.53. The number of rotatable bonds is 6. The van der Waals surface area contributed by atoms with Gasteiger partial charge in [-0.25, -0.2) is 4.79 Å². The molecule has 1 saturated heterocycles. The Kier molecular flexibility index (Phi) is 5.44. The standard InChI is InChI=1S/C23H26O4/c1-16-2-4-17(5-3-16)18-6-8-19(9-7-18)23(24)27-21-12-10-20(11-13-21)25-14-22-15-26-22/h6-13,16-17,22H,2-5,14-15H2,1H3. The normalized spacial score (nSPS) is 24.3. The fraction of sp³-hybridized carbons (Fsp3) is 0.435. The Morgan fingerprint density at radius 3 is 2.22 bits per heavy atom. The molecule has 4 rings (SSSR count). The van der Waals surface area contributed by atoms with Crippen LogP contribution in [-0.4, -0.2) is 25.3 Å². The van der Waals surface area contributed by atoms with Crippen LogP contribution in [0.1, 0.15) is 54.4 Å². The number of benzene rings is 2. The van der Waals surface area contributed by atoms with Crippen molar-refractivity contribution >= 4 is 5.97 Å². The molecular formula is C23H26O4. The Balaban J connectivity index is 1.32. The number of epoxide rings is 1. The van der Waals surface area contributed by atoms with Crippen LogP contribution in [0.3, 0.4) is 0 Å². The van der Waals surface area contributed by atoms with Gasteiger partial charge in [0.05, 0.1) is 12.2 Å². The fourth-order valence-electron chi connectivity index (χ4n) is 3.61. The van der Waals surface area contributed by atoms with Gasteiger partial charge in [-0.15, -0.1) is 0 Å². The first-order valence-corrected chi connectivity index (χ1v) is 9.84. The SMILES string of the molecule is CC1CCC(c2ccc(C(=O)Oc3ccc(OCC4CO4)cc3)cc2)CC1. The third-order valence-corrected chi connectivity index (χ3v) is 5.51. The molecule has 142 valence electrons. The third-order valence-electron chi connectivity index (χ3n) is 5.51. The maximum Gasteiger partial charge on any atom is 0.343 e. The Morgan fingerprint density at radius 1 is 0.963 bits per heavy atom. The smallest absolute Gasteiger partial charge is 0.343 e. The van der Waals surface area contributed by atoms with Gasteiger partial charge in [0, 0.05) is 0 Å². The number of esters is 1. The van der Waals surface area contributed by atoms with Crippen molar-refractivity contribution in [1.82, 2.24) is 0 Å². The van der Waals surface area contributed by atoms with Crippen LogP contribution in [0.15, 0.2) is 48.5 Å². The first kappa shape index (κ1) is 18.1. The van der Waals surface area contributed by atoms with E-state index >= 15 is 0 Å². The number of carbonyl (C=O) groups excluding carboxylic acids is 1. The molecule has 2 aliphatic rings. The largest absolute Gasteiger partial charge is 0.491 e. The molecule has 0 amide bonds. The molecule has 4 nitrogen and oxygen atoms in total. The molecule has 0 radical (unpaired) electrons. The van der Waals surface area contributed by atoms with Gasteiger partial charge >= 0.3 is 5.97 Å². The minimum atomic E-state index is -0.334. The second-order valence-corrected chi connectivity index (χ2v) is 7.71. The van der Waals surface area contributed by atoms with E-state index < -0.39 is 0 Å². The Hall–Kier alpha value is -2.33. The van der Waals surface area contributed by atoms with Crippen LogP contribution >= 0.6 is 0 Å². The van der Waals surface area contributed by atoms with Crippen molar-refractivity contribution in [1.29, 1.82) is 0 Å². The highest BCUT2D eigenvalue weighted by atomic mass is 16.6. The molecule has 2 fully saturated rings. The number of carbonyl (C=O) groups is 1. The zero-order chi connectivity index (χ0) is 18.6. The van der Waals surface area contributed by atoms with E-state index in [-0.39, 0.29) is 12.1 Å². The van der Waals surface area contributed by atoms with Gasteiger partial charge in [0.2, 0.25) is 0 Å². The van der Waals surface area contributed by atoms with Crippen molar-refractivity contribution in [3.63, 3.8) is 0 Å². The summed E-state index contributed by atoms with van der Waals surface area (Å²) in [5, 5.41) is 0. The van der Waals surface area contributed by atoms with E-state index in [2.05, 4.69) is 19.1 Å².